The summed E-state index contributed by atoms with van der Waals surface area (Å²) in [6, 6.07) is 8.29. The van der Waals surface area contributed by atoms with Crippen LogP contribution < -0.4 is 10.6 Å². The zero-order valence-electron chi connectivity index (χ0n) is 17.9. The lowest BCUT2D eigenvalue weighted by atomic mass is 10.1. The fourth-order valence-corrected chi connectivity index (χ4v) is 2.98. The van der Waals surface area contributed by atoms with Crippen LogP contribution in [0.4, 0.5) is 9.18 Å². The summed E-state index contributed by atoms with van der Waals surface area (Å²) in [5.74, 6) is 0.414. The zero-order valence-corrected chi connectivity index (χ0v) is 17.9. The molecule has 30 heavy (non-hydrogen) atoms. The second kappa shape index (κ2) is 9.15. The van der Waals surface area contributed by atoms with Gasteiger partial charge in [0.05, 0.1) is 17.4 Å². The third-order valence-corrected chi connectivity index (χ3v) is 4.51. The SMILES string of the molecule is CN=C(NCCc1ccn(-c2ccc(F)cc2)n1)NC1CN(C(=O)OC(C)(C)C)C1. The maximum Gasteiger partial charge on any atom is 0.410 e. The Labute approximate surface area is 176 Å². The van der Waals surface area contributed by atoms with Gasteiger partial charge in [0.15, 0.2) is 5.96 Å². The minimum atomic E-state index is -0.489. The number of halogens is 1. The lowest BCUT2D eigenvalue weighted by Crippen LogP contribution is -2.63. The normalized spacial score (nSPS) is 15.0. The van der Waals surface area contributed by atoms with Crippen molar-refractivity contribution in [1.29, 1.82) is 0 Å². The van der Waals surface area contributed by atoms with Crippen molar-refractivity contribution in [2.75, 3.05) is 26.7 Å². The molecule has 2 heterocycles. The number of benzene rings is 1. The molecule has 8 nitrogen and oxygen atoms in total. The average molecular weight is 417 g/mol. The molecule has 1 aliphatic rings. The monoisotopic (exact) mass is 416 g/mol. The maximum absolute atomic E-state index is 13.0. The van der Waals surface area contributed by atoms with Gasteiger partial charge in [-0.25, -0.2) is 13.9 Å². The quantitative estimate of drug-likeness (QED) is 0.577. The van der Waals surface area contributed by atoms with Crippen molar-refractivity contribution < 1.29 is 13.9 Å². The van der Waals surface area contributed by atoms with Crippen LogP contribution in [0.2, 0.25) is 0 Å². The van der Waals surface area contributed by atoms with Crippen molar-refractivity contribution in [3.8, 4) is 5.69 Å². The van der Waals surface area contributed by atoms with Gasteiger partial charge in [0, 0.05) is 39.3 Å². The fourth-order valence-electron chi connectivity index (χ4n) is 2.98. The van der Waals surface area contributed by atoms with Crippen molar-refractivity contribution in [3.63, 3.8) is 0 Å². The topological polar surface area (TPSA) is 83.8 Å². The van der Waals surface area contributed by atoms with E-state index < -0.39 is 5.60 Å². The van der Waals surface area contributed by atoms with Crippen molar-refractivity contribution in [3.05, 3.63) is 48.0 Å². The van der Waals surface area contributed by atoms with Crippen molar-refractivity contribution in [2.45, 2.75) is 38.8 Å². The first-order valence-electron chi connectivity index (χ1n) is 9.99. The summed E-state index contributed by atoms with van der Waals surface area (Å²) in [6.07, 6.45) is 2.28. The number of rotatable bonds is 5. The molecule has 3 rings (SSSR count). The van der Waals surface area contributed by atoms with Crippen molar-refractivity contribution in [2.24, 2.45) is 4.99 Å². The number of hydrogen-bond acceptors (Lipinski definition) is 4. The van der Waals surface area contributed by atoms with E-state index >= 15 is 0 Å². The van der Waals surface area contributed by atoms with Crippen molar-refractivity contribution in [1.82, 2.24) is 25.3 Å². The molecule has 0 aliphatic carbocycles. The first-order chi connectivity index (χ1) is 14.2. The Morgan fingerprint density at radius 1 is 1.27 bits per heavy atom. The fraction of sp³-hybridized carbons (Fsp3) is 0.476. The molecule has 0 radical (unpaired) electrons. The summed E-state index contributed by atoms with van der Waals surface area (Å²) < 4.78 is 20.1. The smallest absolute Gasteiger partial charge is 0.410 e. The average Bonchev–Trinajstić information content (AvgIpc) is 3.10. The molecule has 1 aliphatic heterocycles. The first-order valence-corrected chi connectivity index (χ1v) is 9.99. The Hall–Kier alpha value is -3.10. The molecule has 0 bridgehead atoms. The van der Waals surface area contributed by atoms with E-state index in [0.717, 1.165) is 11.4 Å². The number of nitrogens with one attached hydrogen (secondary N) is 2. The number of guanidine groups is 1. The van der Waals surface area contributed by atoms with Crippen LogP contribution in [0.1, 0.15) is 26.5 Å². The summed E-state index contributed by atoms with van der Waals surface area (Å²) in [6.45, 7) is 7.39. The second-order valence-electron chi connectivity index (χ2n) is 8.20. The molecular formula is C21H29FN6O2. The third kappa shape index (κ3) is 5.95. The van der Waals surface area contributed by atoms with Gasteiger partial charge in [0.2, 0.25) is 0 Å². The Kier molecular flexibility index (Phi) is 6.59. The first kappa shape index (κ1) is 21.6. The Morgan fingerprint density at radius 3 is 2.60 bits per heavy atom. The number of hydrogen-bond donors (Lipinski definition) is 2. The van der Waals surface area contributed by atoms with Crippen LogP contribution in [0.5, 0.6) is 0 Å². The van der Waals surface area contributed by atoms with E-state index in [9.17, 15) is 9.18 Å². The van der Waals surface area contributed by atoms with Gasteiger partial charge in [-0.2, -0.15) is 5.10 Å². The molecule has 0 unspecified atom stereocenters. The van der Waals surface area contributed by atoms with Gasteiger partial charge < -0.3 is 20.3 Å². The number of aromatic nitrogens is 2. The molecule has 9 heteroatoms. The van der Waals surface area contributed by atoms with Crippen molar-refractivity contribution >= 4 is 12.1 Å². The van der Waals surface area contributed by atoms with E-state index in [0.29, 0.717) is 32.0 Å². The van der Waals surface area contributed by atoms with Crippen LogP contribution in [0.25, 0.3) is 5.69 Å². The van der Waals surface area contributed by atoms with Gasteiger partial charge in [-0.1, -0.05) is 0 Å². The number of carbonyl (C=O) groups is 1. The molecule has 0 saturated carbocycles. The number of amides is 1. The number of likely N-dealkylation sites (tertiary alicyclic amines) is 1. The predicted octanol–water partition coefficient (Wildman–Crippen LogP) is 2.34. The molecular weight excluding hydrogens is 387 g/mol. The number of ether oxygens (including phenoxy) is 1. The third-order valence-electron chi connectivity index (χ3n) is 4.51. The standard InChI is InChI=1S/C21H29FN6O2/c1-21(2,3)30-20(29)27-13-17(14-27)25-19(23-4)24-11-9-16-10-12-28(26-16)18-7-5-15(22)6-8-18/h5-8,10,12,17H,9,11,13-14H2,1-4H3,(H2,23,24,25). The number of carbonyl (C=O) groups excluding carboxylic acids is 1. The number of aliphatic imine (C=N–C) groups is 1. The summed E-state index contributed by atoms with van der Waals surface area (Å²) in [4.78, 5) is 17.9. The Balaban J connectivity index is 1.40. The minimum absolute atomic E-state index is 0.140. The Morgan fingerprint density at radius 2 is 1.97 bits per heavy atom. The zero-order chi connectivity index (χ0) is 21.7. The molecule has 1 aromatic carbocycles. The predicted molar refractivity (Wildman–Crippen MR) is 113 cm³/mol. The van der Waals surface area contributed by atoms with E-state index in [4.69, 9.17) is 4.74 Å². The summed E-state index contributed by atoms with van der Waals surface area (Å²) in [5.41, 5.74) is 1.24. The molecule has 1 saturated heterocycles. The largest absolute Gasteiger partial charge is 0.444 e. The lowest BCUT2D eigenvalue weighted by molar-refractivity contribution is 0.00701. The molecule has 1 fully saturated rings. The van der Waals surface area contributed by atoms with Gasteiger partial charge in [-0.15, -0.1) is 0 Å². The van der Waals surface area contributed by atoms with Gasteiger partial charge >= 0.3 is 6.09 Å². The van der Waals surface area contributed by atoms with E-state index in [1.807, 2.05) is 33.0 Å². The Bertz CT molecular complexity index is 882. The van der Waals surface area contributed by atoms with Crippen LogP contribution in [0, 0.1) is 5.82 Å². The van der Waals surface area contributed by atoms with Crippen LogP contribution in [-0.2, 0) is 11.2 Å². The molecule has 1 aromatic heterocycles. The highest BCUT2D eigenvalue weighted by Crippen LogP contribution is 2.15. The molecule has 0 atom stereocenters. The summed E-state index contributed by atoms with van der Waals surface area (Å²) in [5, 5.41) is 11.1. The molecule has 2 N–H and O–H groups in total. The molecule has 1 amide bonds. The maximum atomic E-state index is 13.0. The van der Waals surface area contributed by atoms with Gasteiger partial charge in [0.1, 0.15) is 11.4 Å². The van der Waals surface area contributed by atoms with Crippen LogP contribution in [0.3, 0.4) is 0 Å². The van der Waals surface area contributed by atoms with Gasteiger partial charge in [-0.05, 0) is 51.1 Å². The summed E-state index contributed by atoms with van der Waals surface area (Å²) in [7, 11) is 1.71. The van der Waals surface area contributed by atoms with Crippen LogP contribution in [-0.4, -0.2) is 65.1 Å². The molecule has 2 aromatic rings. The van der Waals surface area contributed by atoms with Gasteiger partial charge in [-0.3, -0.25) is 4.99 Å². The van der Waals surface area contributed by atoms with Gasteiger partial charge in [0.25, 0.3) is 0 Å². The highest BCUT2D eigenvalue weighted by molar-refractivity contribution is 5.80. The van der Waals surface area contributed by atoms with E-state index in [1.54, 1.807) is 28.8 Å². The second-order valence-corrected chi connectivity index (χ2v) is 8.20. The summed E-state index contributed by atoms with van der Waals surface area (Å²) >= 11 is 0. The molecule has 0 spiro atoms. The minimum Gasteiger partial charge on any atom is -0.444 e. The van der Waals surface area contributed by atoms with E-state index in [2.05, 4.69) is 20.7 Å². The van der Waals surface area contributed by atoms with Crippen LogP contribution in [0.15, 0.2) is 41.5 Å². The highest BCUT2D eigenvalue weighted by atomic mass is 19.1. The van der Waals surface area contributed by atoms with E-state index in [1.165, 1.54) is 12.1 Å². The highest BCUT2D eigenvalue weighted by Gasteiger charge is 2.34. The van der Waals surface area contributed by atoms with Crippen LogP contribution >= 0.6 is 0 Å². The molecule has 162 valence electrons. The number of nitrogens with zero attached hydrogens (tertiary/aromatic N) is 4. The lowest BCUT2D eigenvalue weighted by Gasteiger charge is -2.40. The van der Waals surface area contributed by atoms with E-state index in [-0.39, 0.29) is 18.0 Å².